The summed E-state index contributed by atoms with van der Waals surface area (Å²) in [5.41, 5.74) is 2.10. The van der Waals surface area contributed by atoms with Crippen LogP contribution in [-0.4, -0.2) is 44.7 Å². The number of hydrogen-bond donors (Lipinski definition) is 1. The summed E-state index contributed by atoms with van der Waals surface area (Å²) in [4.78, 5) is 44.7. The van der Waals surface area contributed by atoms with Gasteiger partial charge in [0.1, 0.15) is 5.76 Å². The van der Waals surface area contributed by atoms with Crippen molar-refractivity contribution >= 4 is 28.8 Å². The van der Waals surface area contributed by atoms with Crippen molar-refractivity contribution in [2.24, 2.45) is 0 Å². The molecule has 1 aromatic heterocycles. The Labute approximate surface area is 208 Å². The molecule has 1 saturated heterocycles. The van der Waals surface area contributed by atoms with Crippen LogP contribution in [0.3, 0.4) is 0 Å². The fraction of sp³-hybridized carbons (Fsp3) is 0.222. The molecule has 1 aliphatic heterocycles. The molecule has 3 aromatic rings. The van der Waals surface area contributed by atoms with Crippen LogP contribution >= 0.6 is 0 Å². The molecular weight excluding hydrogens is 460 g/mol. The number of aromatic nitrogens is 1. The van der Waals surface area contributed by atoms with Gasteiger partial charge in [0.15, 0.2) is 0 Å². The van der Waals surface area contributed by atoms with Crippen molar-refractivity contribution in [3.8, 4) is 0 Å². The number of benzene rings is 2. The monoisotopic (exact) mass is 486 g/mol. The van der Waals surface area contributed by atoms with E-state index in [4.69, 9.17) is 0 Å². The highest BCUT2D eigenvalue weighted by Crippen LogP contribution is 2.41. The zero-order chi connectivity index (χ0) is 25.8. The minimum absolute atomic E-state index is 0.0911. The molecule has 184 valence electrons. The van der Waals surface area contributed by atoms with Gasteiger partial charge in [-0.05, 0) is 43.2 Å². The summed E-state index contributed by atoms with van der Waals surface area (Å²) in [7, 11) is 0. The second-order valence-electron chi connectivity index (χ2n) is 8.36. The summed E-state index contributed by atoms with van der Waals surface area (Å²) in [6.07, 6.45) is 3.23. The maximum Gasteiger partial charge on any atom is 0.295 e. The minimum Gasteiger partial charge on any atom is -0.507 e. The summed E-state index contributed by atoms with van der Waals surface area (Å²) in [5.74, 6) is -2.06. The number of rotatable bonds is 8. The van der Waals surface area contributed by atoms with Crippen LogP contribution in [-0.2, 0) is 16.1 Å². The second-order valence-corrected chi connectivity index (χ2v) is 8.36. The molecule has 2 aromatic carbocycles. The number of anilines is 1. The van der Waals surface area contributed by atoms with Crippen molar-refractivity contribution in [1.82, 2.24) is 9.88 Å². The molecular formula is C27H26N4O5. The van der Waals surface area contributed by atoms with Crippen molar-refractivity contribution in [2.75, 3.05) is 18.0 Å². The van der Waals surface area contributed by atoms with Crippen LogP contribution < -0.4 is 4.90 Å². The van der Waals surface area contributed by atoms with Crippen molar-refractivity contribution in [1.29, 1.82) is 0 Å². The fourth-order valence-corrected chi connectivity index (χ4v) is 4.46. The summed E-state index contributed by atoms with van der Waals surface area (Å²) in [6.45, 7) is 5.86. The fourth-order valence-electron chi connectivity index (χ4n) is 4.46. The Morgan fingerprint density at radius 2 is 1.81 bits per heavy atom. The number of nitro benzene ring substituents is 1. The first kappa shape index (κ1) is 24.6. The number of hydrogen-bond acceptors (Lipinski definition) is 7. The van der Waals surface area contributed by atoms with E-state index in [0.717, 1.165) is 24.3 Å². The number of likely N-dealkylation sites (tertiary alicyclic amines) is 1. The lowest BCUT2D eigenvalue weighted by Crippen LogP contribution is -2.29. The van der Waals surface area contributed by atoms with Crippen LogP contribution in [0.25, 0.3) is 5.76 Å². The summed E-state index contributed by atoms with van der Waals surface area (Å²) in [6, 6.07) is 15.5. The van der Waals surface area contributed by atoms with Crippen LogP contribution in [0.2, 0.25) is 0 Å². The third-order valence-corrected chi connectivity index (χ3v) is 6.28. The van der Waals surface area contributed by atoms with E-state index in [1.165, 1.54) is 29.2 Å². The van der Waals surface area contributed by atoms with Gasteiger partial charge in [0.25, 0.3) is 17.4 Å². The van der Waals surface area contributed by atoms with Gasteiger partial charge >= 0.3 is 0 Å². The lowest BCUT2D eigenvalue weighted by atomic mass is 9.94. The number of pyridine rings is 1. The lowest BCUT2D eigenvalue weighted by molar-refractivity contribution is -0.384. The minimum atomic E-state index is -0.879. The smallest absolute Gasteiger partial charge is 0.295 e. The largest absolute Gasteiger partial charge is 0.507 e. The normalized spacial score (nSPS) is 16.8. The van der Waals surface area contributed by atoms with Crippen LogP contribution in [0.5, 0.6) is 0 Å². The Morgan fingerprint density at radius 1 is 1.08 bits per heavy atom. The maximum absolute atomic E-state index is 13.2. The molecule has 4 rings (SSSR count). The van der Waals surface area contributed by atoms with Crippen LogP contribution in [0.1, 0.15) is 36.6 Å². The third kappa shape index (κ3) is 4.68. The second kappa shape index (κ2) is 10.4. The van der Waals surface area contributed by atoms with Gasteiger partial charge in [0, 0.05) is 55.4 Å². The summed E-state index contributed by atoms with van der Waals surface area (Å²) >= 11 is 0. The van der Waals surface area contributed by atoms with Gasteiger partial charge in [-0.25, -0.2) is 0 Å². The Hall–Kier alpha value is -4.53. The lowest BCUT2D eigenvalue weighted by Gasteiger charge is -2.26. The highest BCUT2D eigenvalue weighted by molar-refractivity contribution is 6.46. The highest BCUT2D eigenvalue weighted by atomic mass is 16.6. The quantitative estimate of drug-likeness (QED) is 0.164. The van der Waals surface area contributed by atoms with Gasteiger partial charge < -0.3 is 14.9 Å². The number of amides is 1. The molecule has 9 nitrogen and oxygen atoms in total. The molecule has 36 heavy (non-hydrogen) atoms. The molecule has 1 aliphatic rings. The first-order valence-electron chi connectivity index (χ1n) is 11.6. The van der Waals surface area contributed by atoms with E-state index < -0.39 is 28.4 Å². The zero-order valence-corrected chi connectivity index (χ0v) is 20.0. The standard InChI is InChI=1S/C27H26N4O5/c1-3-29(4-2)21-12-10-19(11-13-21)24-23(25(32)20-8-5-9-22(15-20)31(35)36)26(33)27(34)30(24)17-18-7-6-14-28-16-18/h5-16,24,32H,3-4,17H2,1-2H3/b25-23-. The Balaban J connectivity index is 1.85. The number of Topliss-reactive ketones (excluding diaryl/α,β-unsaturated/α-hetero) is 1. The zero-order valence-electron chi connectivity index (χ0n) is 20.0. The number of carbonyl (C=O) groups excluding carboxylic acids is 2. The van der Waals surface area contributed by atoms with Crippen molar-refractivity contribution in [2.45, 2.75) is 26.4 Å². The van der Waals surface area contributed by atoms with Crippen LogP contribution in [0, 0.1) is 10.1 Å². The number of non-ortho nitro benzene ring substituents is 1. The molecule has 0 bridgehead atoms. The molecule has 1 N–H and O–H groups in total. The van der Waals surface area contributed by atoms with E-state index in [1.807, 2.05) is 24.3 Å². The molecule has 1 atom stereocenters. The van der Waals surface area contributed by atoms with Gasteiger partial charge in [-0.3, -0.25) is 24.7 Å². The maximum atomic E-state index is 13.2. The van der Waals surface area contributed by atoms with Gasteiger partial charge in [-0.1, -0.05) is 30.3 Å². The van der Waals surface area contributed by atoms with Gasteiger partial charge in [0.05, 0.1) is 16.5 Å². The molecule has 9 heteroatoms. The number of aliphatic hydroxyl groups is 1. The van der Waals surface area contributed by atoms with E-state index in [0.29, 0.717) is 5.56 Å². The Kier molecular flexibility index (Phi) is 7.10. The number of ketones is 1. The van der Waals surface area contributed by atoms with E-state index in [1.54, 1.807) is 24.5 Å². The van der Waals surface area contributed by atoms with E-state index in [-0.39, 0.29) is 23.4 Å². The highest BCUT2D eigenvalue weighted by Gasteiger charge is 2.46. The number of nitrogens with zero attached hydrogens (tertiary/aromatic N) is 4. The topological polar surface area (TPSA) is 117 Å². The van der Waals surface area contributed by atoms with E-state index in [2.05, 4.69) is 23.7 Å². The van der Waals surface area contributed by atoms with Crippen molar-refractivity contribution in [3.63, 3.8) is 0 Å². The van der Waals surface area contributed by atoms with Gasteiger partial charge in [-0.15, -0.1) is 0 Å². The first-order chi connectivity index (χ1) is 17.3. The molecule has 1 amide bonds. The number of aliphatic hydroxyl groups excluding tert-OH is 1. The van der Waals surface area contributed by atoms with Crippen molar-refractivity contribution in [3.05, 3.63) is 105 Å². The average Bonchev–Trinajstić information content (AvgIpc) is 3.15. The molecule has 2 heterocycles. The SMILES string of the molecule is CCN(CC)c1ccc(C2/C(=C(/O)c3cccc([N+](=O)[O-])c3)C(=O)C(=O)N2Cc2cccnc2)cc1. The molecule has 1 fully saturated rings. The molecule has 0 aliphatic carbocycles. The molecule has 0 spiro atoms. The van der Waals surface area contributed by atoms with Crippen molar-refractivity contribution < 1.29 is 19.6 Å². The average molecular weight is 487 g/mol. The first-order valence-corrected chi connectivity index (χ1v) is 11.6. The predicted molar refractivity (Wildman–Crippen MR) is 135 cm³/mol. The predicted octanol–water partition coefficient (Wildman–Crippen LogP) is 4.46. The third-order valence-electron chi connectivity index (χ3n) is 6.28. The van der Waals surface area contributed by atoms with Gasteiger partial charge in [0.2, 0.25) is 0 Å². The van der Waals surface area contributed by atoms with Gasteiger partial charge in [-0.2, -0.15) is 0 Å². The Morgan fingerprint density at radius 3 is 2.42 bits per heavy atom. The Bertz CT molecular complexity index is 1320. The molecule has 1 unspecified atom stereocenters. The summed E-state index contributed by atoms with van der Waals surface area (Å²) in [5, 5.41) is 22.4. The molecule has 0 radical (unpaired) electrons. The molecule has 0 saturated carbocycles. The van der Waals surface area contributed by atoms with Crippen LogP contribution in [0.4, 0.5) is 11.4 Å². The number of carbonyl (C=O) groups is 2. The van der Waals surface area contributed by atoms with E-state index in [9.17, 15) is 24.8 Å². The summed E-state index contributed by atoms with van der Waals surface area (Å²) < 4.78 is 0. The number of nitro groups is 1. The van der Waals surface area contributed by atoms with Crippen LogP contribution in [0.15, 0.2) is 78.6 Å². The van der Waals surface area contributed by atoms with E-state index >= 15 is 0 Å².